The Morgan fingerprint density at radius 2 is 2.00 bits per heavy atom. The second-order valence-electron chi connectivity index (χ2n) is 4.66. The maximum atomic E-state index is 11.4. The number of likely N-dealkylation sites (tertiary alicyclic amines) is 1. The third kappa shape index (κ3) is 5.14. The highest BCUT2D eigenvalue weighted by Gasteiger charge is 2.16. The van der Waals surface area contributed by atoms with Gasteiger partial charge in [0.2, 0.25) is 5.91 Å². The van der Waals surface area contributed by atoms with Crippen LogP contribution in [-0.2, 0) is 4.79 Å². The largest absolute Gasteiger partial charge is 0.352 e. The van der Waals surface area contributed by atoms with Crippen molar-refractivity contribution < 1.29 is 4.79 Å². The lowest BCUT2D eigenvalue weighted by Crippen LogP contribution is -2.42. The Balaban J connectivity index is 2.16. The molecule has 0 radical (unpaired) electrons. The zero-order valence-electron chi connectivity index (χ0n) is 9.83. The number of carbonyl (C=O) groups is 1. The third-order valence-corrected chi connectivity index (χ3v) is 2.65. The molecule has 0 aromatic rings. The minimum atomic E-state index is -0.0519. The van der Waals surface area contributed by atoms with Crippen molar-refractivity contribution in [2.24, 2.45) is 5.73 Å². The maximum Gasteiger partial charge on any atom is 0.221 e. The number of nitrogens with zero attached hydrogens (tertiary/aromatic N) is 1. The SMILES string of the molecule is CC(N)CC(=O)NC(C)CN1CCCC1. The molecule has 1 amide bonds. The number of carbonyl (C=O) groups excluding carboxylic acids is 1. The van der Waals surface area contributed by atoms with E-state index in [4.69, 9.17) is 5.73 Å². The molecule has 0 spiro atoms. The summed E-state index contributed by atoms with van der Waals surface area (Å²) in [6.07, 6.45) is 3.01. The molecule has 0 aliphatic carbocycles. The Bertz CT molecular complexity index is 200. The minimum absolute atomic E-state index is 0.0519. The average Bonchev–Trinajstić information content (AvgIpc) is 2.53. The van der Waals surface area contributed by atoms with Gasteiger partial charge >= 0.3 is 0 Å². The highest BCUT2D eigenvalue weighted by molar-refractivity contribution is 5.76. The van der Waals surface area contributed by atoms with E-state index >= 15 is 0 Å². The lowest BCUT2D eigenvalue weighted by molar-refractivity contribution is -0.122. The summed E-state index contributed by atoms with van der Waals surface area (Å²) in [7, 11) is 0. The van der Waals surface area contributed by atoms with Crippen molar-refractivity contribution >= 4 is 5.91 Å². The molecule has 0 aromatic carbocycles. The van der Waals surface area contributed by atoms with E-state index in [2.05, 4.69) is 17.1 Å². The topological polar surface area (TPSA) is 58.4 Å². The molecule has 1 saturated heterocycles. The predicted octanol–water partition coefficient (Wildman–Crippen LogP) is 0.324. The minimum Gasteiger partial charge on any atom is -0.352 e. The zero-order chi connectivity index (χ0) is 11.3. The number of amides is 1. The van der Waals surface area contributed by atoms with Crippen LogP contribution < -0.4 is 11.1 Å². The van der Waals surface area contributed by atoms with Crippen molar-refractivity contribution in [1.29, 1.82) is 0 Å². The summed E-state index contributed by atoms with van der Waals surface area (Å²) in [5.74, 6) is 0.0664. The molecule has 1 aliphatic rings. The Morgan fingerprint density at radius 1 is 1.40 bits per heavy atom. The van der Waals surface area contributed by atoms with Gasteiger partial charge in [0, 0.05) is 25.0 Å². The first-order valence-electron chi connectivity index (χ1n) is 5.85. The predicted molar refractivity (Wildman–Crippen MR) is 61.5 cm³/mol. The van der Waals surface area contributed by atoms with Gasteiger partial charge in [-0.15, -0.1) is 0 Å². The fourth-order valence-corrected chi connectivity index (χ4v) is 2.02. The lowest BCUT2D eigenvalue weighted by atomic mass is 10.2. The molecular formula is C11H23N3O. The van der Waals surface area contributed by atoms with Crippen molar-refractivity contribution in [3.63, 3.8) is 0 Å². The molecule has 2 unspecified atom stereocenters. The third-order valence-electron chi connectivity index (χ3n) is 2.65. The van der Waals surface area contributed by atoms with Crippen LogP contribution in [0, 0.1) is 0 Å². The van der Waals surface area contributed by atoms with E-state index < -0.39 is 0 Å². The summed E-state index contributed by atoms with van der Waals surface area (Å²) in [5, 5.41) is 2.98. The summed E-state index contributed by atoms with van der Waals surface area (Å²) in [4.78, 5) is 13.8. The van der Waals surface area contributed by atoms with Gasteiger partial charge in [0.25, 0.3) is 0 Å². The quantitative estimate of drug-likeness (QED) is 0.691. The summed E-state index contributed by atoms with van der Waals surface area (Å²) < 4.78 is 0. The first-order chi connectivity index (χ1) is 7.08. The van der Waals surface area contributed by atoms with Crippen molar-refractivity contribution in [3.8, 4) is 0 Å². The van der Waals surface area contributed by atoms with E-state index in [-0.39, 0.29) is 18.0 Å². The fraction of sp³-hybridized carbons (Fsp3) is 0.909. The molecule has 4 nitrogen and oxygen atoms in total. The Morgan fingerprint density at radius 3 is 2.53 bits per heavy atom. The van der Waals surface area contributed by atoms with Crippen LogP contribution in [0.25, 0.3) is 0 Å². The van der Waals surface area contributed by atoms with Crippen LogP contribution in [0.1, 0.15) is 33.1 Å². The molecule has 15 heavy (non-hydrogen) atoms. The van der Waals surface area contributed by atoms with Crippen molar-refractivity contribution in [2.75, 3.05) is 19.6 Å². The Hall–Kier alpha value is -0.610. The molecule has 1 heterocycles. The molecule has 3 N–H and O–H groups in total. The van der Waals surface area contributed by atoms with Gasteiger partial charge in [0.05, 0.1) is 0 Å². The molecule has 2 atom stereocenters. The van der Waals surface area contributed by atoms with Gasteiger partial charge in [0.15, 0.2) is 0 Å². The van der Waals surface area contributed by atoms with Gasteiger partial charge in [-0.3, -0.25) is 4.79 Å². The van der Waals surface area contributed by atoms with Gasteiger partial charge in [0.1, 0.15) is 0 Å². The Kier molecular flexibility index (Phi) is 5.05. The van der Waals surface area contributed by atoms with Gasteiger partial charge < -0.3 is 16.0 Å². The summed E-state index contributed by atoms with van der Waals surface area (Å²) >= 11 is 0. The van der Waals surface area contributed by atoms with E-state index in [1.807, 2.05) is 6.92 Å². The van der Waals surface area contributed by atoms with E-state index in [0.29, 0.717) is 6.42 Å². The summed E-state index contributed by atoms with van der Waals surface area (Å²) in [5.41, 5.74) is 5.56. The smallest absolute Gasteiger partial charge is 0.221 e. The lowest BCUT2D eigenvalue weighted by Gasteiger charge is -2.21. The van der Waals surface area contributed by atoms with Gasteiger partial charge in [-0.2, -0.15) is 0 Å². The maximum absolute atomic E-state index is 11.4. The number of nitrogens with one attached hydrogen (secondary N) is 1. The molecular weight excluding hydrogens is 190 g/mol. The van der Waals surface area contributed by atoms with Gasteiger partial charge in [-0.05, 0) is 39.8 Å². The van der Waals surface area contributed by atoms with Crippen LogP contribution >= 0.6 is 0 Å². The van der Waals surface area contributed by atoms with Crippen LogP contribution in [0.15, 0.2) is 0 Å². The number of nitrogens with two attached hydrogens (primary N) is 1. The van der Waals surface area contributed by atoms with Crippen LogP contribution in [0.2, 0.25) is 0 Å². The van der Waals surface area contributed by atoms with Crippen LogP contribution in [0.4, 0.5) is 0 Å². The standard InChI is InChI=1S/C11H23N3O/c1-9(12)7-11(15)13-10(2)8-14-5-3-4-6-14/h9-10H,3-8,12H2,1-2H3,(H,13,15). The monoisotopic (exact) mass is 213 g/mol. The Labute approximate surface area is 92.2 Å². The molecule has 1 fully saturated rings. The normalized spacial score (nSPS) is 21.3. The molecule has 0 bridgehead atoms. The van der Waals surface area contributed by atoms with E-state index in [0.717, 1.165) is 6.54 Å². The van der Waals surface area contributed by atoms with E-state index in [1.165, 1.54) is 25.9 Å². The van der Waals surface area contributed by atoms with E-state index in [9.17, 15) is 4.79 Å². The highest BCUT2D eigenvalue weighted by Crippen LogP contribution is 2.07. The molecule has 1 rings (SSSR count). The zero-order valence-corrected chi connectivity index (χ0v) is 9.83. The van der Waals surface area contributed by atoms with Crippen LogP contribution in [0.3, 0.4) is 0 Å². The summed E-state index contributed by atoms with van der Waals surface area (Å²) in [6, 6.07) is 0.179. The first-order valence-corrected chi connectivity index (χ1v) is 5.85. The van der Waals surface area contributed by atoms with Crippen molar-refractivity contribution in [2.45, 2.75) is 45.2 Å². The summed E-state index contributed by atoms with van der Waals surface area (Å²) in [6.45, 7) is 7.22. The van der Waals surface area contributed by atoms with Crippen LogP contribution in [0.5, 0.6) is 0 Å². The highest BCUT2D eigenvalue weighted by atomic mass is 16.1. The molecule has 0 aromatic heterocycles. The second-order valence-corrected chi connectivity index (χ2v) is 4.66. The number of hydrogen-bond acceptors (Lipinski definition) is 3. The van der Waals surface area contributed by atoms with Crippen LogP contribution in [-0.4, -0.2) is 42.5 Å². The molecule has 4 heteroatoms. The average molecular weight is 213 g/mol. The van der Waals surface area contributed by atoms with Gasteiger partial charge in [-0.1, -0.05) is 0 Å². The van der Waals surface area contributed by atoms with Crippen molar-refractivity contribution in [3.05, 3.63) is 0 Å². The first kappa shape index (κ1) is 12.5. The molecule has 88 valence electrons. The molecule has 0 saturated carbocycles. The molecule has 1 aliphatic heterocycles. The number of rotatable bonds is 5. The fourth-order valence-electron chi connectivity index (χ4n) is 2.02. The van der Waals surface area contributed by atoms with Crippen molar-refractivity contribution in [1.82, 2.24) is 10.2 Å². The number of hydrogen-bond donors (Lipinski definition) is 2. The van der Waals surface area contributed by atoms with Gasteiger partial charge in [-0.25, -0.2) is 0 Å². The second kappa shape index (κ2) is 6.08. The van der Waals surface area contributed by atoms with E-state index in [1.54, 1.807) is 0 Å².